The van der Waals surface area contributed by atoms with Crippen LogP contribution in [-0.2, 0) is 13.0 Å². The van der Waals surface area contributed by atoms with Crippen LogP contribution < -0.4 is 0 Å². The van der Waals surface area contributed by atoms with Crippen molar-refractivity contribution in [2.45, 2.75) is 39.2 Å². The molecule has 23 heavy (non-hydrogen) atoms. The lowest BCUT2D eigenvalue weighted by molar-refractivity contribution is 0.0737. The van der Waals surface area contributed by atoms with E-state index >= 15 is 0 Å². The van der Waals surface area contributed by atoms with Crippen molar-refractivity contribution in [3.8, 4) is 0 Å². The van der Waals surface area contributed by atoms with Gasteiger partial charge in [0, 0.05) is 45.3 Å². The number of alkyl halides is 2. The Morgan fingerprint density at radius 2 is 2.17 bits per heavy atom. The van der Waals surface area contributed by atoms with Crippen LogP contribution in [0.2, 0.25) is 0 Å². The molecule has 1 saturated heterocycles. The molecule has 2 aliphatic heterocycles. The molecule has 0 spiro atoms. The lowest BCUT2D eigenvalue weighted by Gasteiger charge is -2.21. The molecule has 128 valence electrons. The van der Waals surface area contributed by atoms with Crippen molar-refractivity contribution in [1.82, 2.24) is 19.4 Å². The summed E-state index contributed by atoms with van der Waals surface area (Å²) in [4.78, 5) is 20.6. The van der Waals surface area contributed by atoms with E-state index in [1.165, 1.54) is 0 Å². The summed E-state index contributed by atoms with van der Waals surface area (Å²) >= 11 is 0. The molecule has 5 nitrogen and oxygen atoms in total. The van der Waals surface area contributed by atoms with Crippen LogP contribution in [0.3, 0.4) is 0 Å². The summed E-state index contributed by atoms with van der Waals surface area (Å²) in [5.41, 5.74) is 0.497. The zero-order valence-electron chi connectivity index (χ0n) is 13.5. The molecule has 0 N–H and O–H groups in total. The summed E-state index contributed by atoms with van der Waals surface area (Å²) in [6.45, 7) is 5.13. The number of hydrogen-bond acceptors (Lipinski definition) is 3. The Labute approximate surface area is 135 Å². The van der Waals surface area contributed by atoms with Crippen molar-refractivity contribution >= 4 is 5.91 Å². The maximum Gasteiger partial charge on any atom is 0.274 e. The Morgan fingerprint density at radius 3 is 2.96 bits per heavy atom. The van der Waals surface area contributed by atoms with Gasteiger partial charge < -0.3 is 9.47 Å². The summed E-state index contributed by atoms with van der Waals surface area (Å²) in [5.74, 6) is 1.53. The quantitative estimate of drug-likeness (QED) is 0.852. The van der Waals surface area contributed by atoms with Gasteiger partial charge in [0.25, 0.3) is 12.3 Å². The second-order valence-corrected chi connectivity index (χ2v) is 6.68. The first-order chi connectivity index (χ1) is 11.0. The molecule has 0 aromatic carbocycles. The predicted octanol–water partition coefficient (Wildman–Crippen LogP) is 1.88. The molecule has 0 radical (unpaired) electrons. The first-order valence-corrected chi connectivity index (χ1v) is 8.38. The summed E-state index contributed by atoms with van der Waals surface area (Å²) in [5, 5.41) is 0. The largest absolute Gasteiger partial charge is 0.336 e. The van der Waals surface area contributed by atoms with Gasteiger partial charge in [-0.2, -0.15) is 0 Å². The summed E-state index contributed by atoms with van der Waals surface area (Å²) in [6.07, 6.45) is 2.28. The number of nitrogens with zero attached hydrogens (tertiary/aromatic N) is 4. The Kier molecular flexibility index (Phi) is 4.94. The molecule has 1 aromatic rings. The van der Waals surface area contributed by atoms with Gasteiger partial charge in [-0.15, -0.1) is 0 Å². The van der Waals surface area contributed by atoms with Gasteiger partial charge in [0.15, 0.2) is 0 Å². The lowest BCUT2D eigenvalue weighted by atomic mass is 10.0. The molecule has 7 heteroatoms. The van der Waals surface area contributed by atoms with E-state index in [2.05, 4.69) is 16.5 Å². The van der Waals surface area contributed by atoms with Gasteiger partial charge in [-0.1, -0.05) is 6.92 Å². The second-order valence-electron chi connectivity index (χ2n) is 6.68. The highest BCUT2D eigenvalue weighted by Gasteiger charge is 2.25. The van der Waals surface area contributed by atoms with Crippen molar-refractivity contribution < 1.29 is 13.6 Å². The highest BCUT2D eigenvalue weighted by Crippen LogP contribution is 2.20. The second kappa shape index (κ2) is 6.95. The first-order valence-electron chi connectivity index (χ1n) is 8.38. The van der Waals surface area contributed by atoms with E-state index in [0.717, 1.165) is 31.6 Å². The van der Waals surface area contributed by atoms with Crippen LogP contribution in [0.25, 0.3) is 0 Å². The van der Waals surface area contributed by atoms with Crippen LogP contribution in [0.5, 0.6) is 0 Å². The number of rotatable bonds is 3. The van der Waals surface area contributed by atoms with Crippen LogP contribution in [-0.4, -0.2) is 64.4 Å². The third-order valence-electron chi connectivity index (χ3n) is 4.72. The molecule has 1 fully saturated rings. The van der Waals surface area contributed by atoms with Crippen molar-refractivity contribution in [3.05, 3.63) is 17.7 Å². The minimum absolute atomic E-state index is 0.0709. The van der Waals surface area contributed by atoms with Gasteiger partial charge in [-0.3, -0.25) is 9.69 Å². The number of carbonyl (C=O) groups excluding carboxylic acids is 1. The average molecular weight is 326 g/mol. The number of halogens is 2. The van der Waals surface area contributed by atoms with E-state index in [-0.39, 0.29) is 12.5 Å². The van der Waals surface area contributed by atoms with E-state index in [1.807, 2.05) is 6.20 Å². The summed E-state index contributed by atoms with van der Waals surface area (Å²) < 4.78 is 27.1. The van der Waals surface area contributed by atoms with Crippen LogP contribution in [0.1, 0.15) is 36.1 Å². The fraction of sp³-hybridized carbons (Fsp3) is 0.750. The highest BCUT2D eigenvalue weighted by atomic mass is 19.3. The maximum atomic E-state index is 12.7. The summed E-state index contributed by atoms with van der Waals surface area (Å²) in [7, 11) is 0. The topological polar surface area (TPSA) is 41.4 Å². The zero-order chi connectivity index (χ0) is 16.4. The number of carbonyl (C=O) groups is 1. The molecular weight excluding hydrogens is 302 g/mol. The monoisotopic (exact) mass is 326 g/mol. The first kappa shape index (κ1) is 16.4. The molecule has 0 unspecified atom stereocenters. The predicted molar refractivity (Wildman–Crippen MR) is 82.7 cm³/mol. The third-order valence-corrected chi connectivity index (χ3v) is 4.72. The standard InChI is InChI=1S/C16H24F2N4O/c1-12-3-4-15-19-13(10-22(15)9-12)16(23)21-6-2-5-20(7-8-21)11-14(17)18/h10,12,14H,2-9,11H2,1H3/t12-/m1/s1. The lowest BCUT2D eigenvalue weighted by Crippen LogP contribution is -2.36. The van der Waals surface area contributed by atoms with E-state index in [4.69, 9.17) is 0 Å². The number of amides is 1. The average Bonchev–Trinajstić information content (AvgIpc) is 2.78. The van der Waals surface area contributed by atoms with Crippen LogP contribution in [0, 0.1) is 5.92 Å². The summed E-state index contributed by atoms with van der Waals surface area (Å²) in [6, 6.07) is 0. The molecule has 0 bridgehead atoms. The molecule has 1 aromatic heterocycles. The molecule has 3 heterocycles. The van der Waals surface area contributed by atoms with Crippen LogP contribution in [0.4, 0.5) is 8.78 Å². The Morgan fingerprint density at radius 1 is 1.35 bits per heavy atom. The van der Waals surface area contributed by atoms with Crippen molar-refractivity contribution in [2.24, 2.45) is 5.92 Å². The minimum atomic E-state index is -2.32. The SMILES string of the molecule is C[C@@H]1CCc2nc(C(=O)N3CCCN(CC(F)F)CC3)cn2C1. The number of aromatic nitrogens is 2. The van der Waals surface area contributed by atoms with Gasteiger partial charge >= 0.3 is 0 Å². The third kappa shape index (κ3) is 3.88. The number of imidazole rings is 1. The van der Waals surface area contributed by atoms with E-state index in [1.54, 1.807) is 9.80 Å². The van der Waals surface area contributed by atoms with Gasteiger partial charge in [-0.05, 0) is 18.8 Å². The number of hydrogen-bond donors (Lipinski definition) is 0. The maximum absolute atomic E-state index is 12.7. The Balaban J connectivity index is 1.64. The Bertz CT molecular complexity index is 560. The van der Waals surface area contributed by atoms with Gasteiger partial charge in [0.1, 0.15) is 11.5 Å². The Hall–Kier alpha value is -1.50. The van der Waals surface area contributed by atoms with Crippen molar-refractivity contribution in [3.63, 3.8) is 0 Å². The number of aryl methyl sites for hydroxylation is 1. The van der Waals surface area contributed by atoms with E-state index in [9.17, 15) is 13.6 Å². The van der Waals surface area contributed by atoms with Gasteiger partial charge in [0.05, 0.1) is 6.54 Å². The number of fused-ring (bicyclic) bond motifs is 1. The fourth-order valence-electron chi connectivity index (χ4n) is 3.43. The molecule has 1 atom stereocenters. The molecule has 1 amide bonds. The normalized spacial score (nSPS) is 23.0. The fourth-order valence-corrected chi connectivity index (χ4v) is 3.43. The smallest absolute Gasteiger partial charge is 0.274 e. The highest BCUT2D eigenvalue weighted by molar-refractivity contribution is 5.92. The van der Waals surface area contributed by atoms with Gasteiger partial charge in [0.2, 0.25) is 0 Å². The van der Waals surface area contributed by atoms with Crippen molar-refractivity contribution in [2.75, 3.05) is 32.7 Å². The van der Waals surface area contributed by atoms with Crippen LogP contribution >= 0.6 is 0 Å². The molecule has 0 saturated carbocycles. The van der Waals surface area contributed by atoms with Crippen LogP contribution in [0.15, 0.2) is 6.20 Å². The van der Waals surface area contributed by atoms with Gasteiger partial charge in [-0.25, -0.2) is 13.8 Å². The minimum Gasteiger partial charge on any atom is -0.336 e. The zero-order valence-corrected chi connectivity index (χ0v) is 13.5. The van der Waals surface area contributed by atoms with E-state index in [0.29, 0.717) is 37.8 Å². The van der Waals surface area contributed by atoms with Crippen molar-refractivity contribution in [1.29, 1.82) is 0 Å². The molecule has 0 aliphatic carbocycles. The molecule has 2 aliphatic rings. The van der Waals surface area contributed by atoms with E-state index < -0.39 is 6.43 Å². The molecule has 3 rings (SSSR count). The molecular formula is C16H24F2N4O.